The minimum absolute atomic E-state index is 0.0224. The molecule has 1 atom stereocenters. The normalized spacial score (nSPS) is 11.7. The quantitative estimate of drug-likeness (QED) is 0.514. The van der Waals surface area contributed by atoms with Crippen LogP contribution in [0.4, 0.5) is 0 Å². The molecule has 30 heavy (non-hydrogen) atoms. The molecule has 0 saturated heterocycles. The maximum atomic E-state index is 12.7. The first-order valence-corrected chi connectivity index (χ1v) is 10.2. The summed E-state index contributed by atoms with van der Waals surface area (Å²) >= 11 is 1.26. The van der Waals surface area contributed by atoms with Gasteiger partial charge in [-0.25, -0.2) is 4.68 Å². The Balaban J connectivity index is 1.72. The SMILES string of the molecule is CCCn1nc(C(=O)NNC(=O)C(C)NC(=O)c2cccs2)c2ccccc2c1=O. The van der Waals surface area contributed by atoms with Crippen molar-refractivity contribution in [1.29, 1.82) is 0 Å². The second kappa shape index (κ2) is 9.31. The van der Waals surface area contributed by atoms with E-state index in [4.69, 9.17) is 0 Å². The van der Waals surface area contributed by atoms with Gasteiger partial charge in [0.25, 0.3) is 23.3 Å². The number of fused-ring (bicyclic) bond motifs is 1. The van der Waals surface area contributed by atoms with Crippen LogP contribution in [0.25, 0.3) is 10.8 Å². The Morgan fingerprint density at radius 1 is 1.07 bits per heavy atom. The van der Waals surface area contributed by atoms with Crippen molar-refractivity contribution < 1.29 is 14.4 Å². The zero-order valence-electron chi connectivity index (χ0n) is 16.5. The molecule has 1 unspecified atom stereocenters. The number of hydrogen-bond acceptors (Lipinski definition) is 6. The number of aromatic nitrogens is 2. The molecule has 3 N–H and O–H groups in total. The molecule has 10 heteroatoms. The number of carbonyl (C=O) groups is 3. The van der Waals surface area contributed by atoms with Gasteiger partial charge in [0.1, 0.15) is 6.04 Å². The summed E-state index contributed by atoms with van der Waals surface area (Å²) in [6, 6.07) is 9.17. The van der Waals surface area contributed by atoms with Gasteiger partial charge >= 0.3 is 0 Å². The van der Waals surface area contributed by atoms with Crippen molar-refractivity contribution in [3.63, 3.8) is 0 Å². The van der Waals surface area contributed by atoms with Crippen LogP contribution in [0.3, 0.4) is 0 Å². The van der Waals surface area contributed by atoms with Gasteiger partial charge in [-0.05, 0) is 30.9 Å². The smallest absolute Gasteiger partial charge is 0.290 e. The number of amides is 3. The summed E-state index contributed by atoms with van der Waals surface area (Å²) in [5.74, 6) is -1.64. The van der Waals surface area contributed by atoms with Crippen molar-refractivity contribution in [2.24, 2.45) is 0 Å². The second-order valence-corrected chi connectivity index (χ2v) is 7.49. The lowest BCUT2D eigenvalue weighted by molar-refractivity contribution is -0.123. The number of nitrogens with one attached hydrogen (secondary N) is 3. The first-order valence-electron chi connectivity index (χ1n) is 9.36. The van der Waals surface area contributed by atoms with Crippen LogP contribution in [-0.4, -0.2) is 33.5 Å². The monoisotopic (exact) mass is 427 g/mol. The average Bonchev–Trinajstić information content (AvgIpc) is 3.29. The molecule has 2 heterocycles. The van der Waals surface area contributed by atoms with Gasteiger partial charge in [-0.1, -0.05) is 31.2 Å². The number of thiophene rings is 1. The van der Waals surface area contributed by atoms with Crippen LogP contribution in [0.15, 0.2) is 46.6 Å². The minimum atomic E-state index is -0.876. The molecular formula is C20H21N5O4S. The number of hydrazine groups is 1. The number of aryl methyl sites for hydroxylation is 1. The number of rotatable bonds is 6. The Morgan fingerprint density at radius 3 is 2.47 bits per heavy atom. The number of hydrogen-bond donors (Lipinski definition) is 3. The molecule has 156 valence electrons. The van der Waals surface area contributed by atoms with E-state index in [2.05, 4.69) is 21.3 Å². The van der Waals surface area contributed by atoms with Gasteiger partial charge in [0.15, 0.2) is 5.69 Å². The molecule has 0 aliphatic carbocycles. The Bertz CT molecular complexity index is 1140. The summed E-state index contributed by atoms with van der Waals surface area (Å²) in [4.78, 5) is 50.0. The molecule has 0 aliphatic rings. The van der Waals surface area contributed by atoms with E-state index in [1.54, 1.807) is 41.8 Å². The first-order chi connectivity index (χ1) is 14.4. The lowest BCUT2D eigenvalue weighted by atomic mass is 10.1. The lowest BCUT2D eigenvalue weighted by Crippen LogP contribution is -2.51. The summed E-state index contributed by atoms with van der Waals surface area (Å²) in [5.41, 5.74) is 4.33. The Labute approximate surface area is 176 Å². The molecule has 3 amide bonds. The van der Waals surface area contributed by atoms with E-state index in [0.29, 0.717) is 28.6 Å². The summed E-state index contributed by atoms with van der Waals surface area (Å²) in [6.45, 7) is 3.76. The molecule has 0 radical (unpaired) electrons. The summed E-state index contributed by atoms with van der Waals surface area (Å²) in [6.07, 6.45) is 0.671. The van der Waals surface area contributed by atoms with E-state index in [1.165, 1.54) is 22.9 Å². The zero-order valence-corrected chi connectivity index (χ0v) is 17.3. The van der Waals surface area contributed by atoms with E-state index in [0.717, 1.165) is 0 Å². The van der Waals surface area contributed by atoms with E-state index in [-0.39, 0.29) is 17.2 Å². The third-order valence-electron chi connectivity index (χ3n) is 4.30. The highest BCUT2D eigenvalue weighted by atomic mass is 32.1. The van der Waals surface area contributed by atoms with Crippen LogP contribution in [0, 0.1) is 0 Å². The number of carbonyl (C=O) groups excluding carboxylic acids is 3. The summed E-state index contributed by atoms with van der Waals surface area (Å²) in [7, 11) is 0. The van der Waals surface area contributed by atoms with Crippen LogP contribution >= 0.6 is 11.3 Å². The van der Waals surface area contributed by atoms with Crippen molar-refractivity contribution >= 4 is 39.8 Å². The van der Waals surface area contributed by atoms with Gasteiger partial charge in [-0.2, -0.15) is 5.10 Å². The highest BCUT2D eigenvalue weighted by Gasteiger charge is 2.20. The molecule has 0 spiro atoms. The van der Waals surface area contributed by atoms with Gasteiger partial charge in [-0.3, -0.25) is 30.0 Å². The number of nitrogens with zero attached hydrogens (tertiary/aromatic N) is 2. The molecule has 2 aromatic heterocycles. The van der Waals surface area contributed by atoms with E-state index in [9.17, 15) is 19.2 Å². The molecule has 0 bridgehead atoms. The molecule has 3 rings (SSSR count). The third-order valence-corrected chi connectivity index (χ3v) is 5.17. The minimum Gasteiger partial charge on any atom is -0.340 e. The summed E-state index contributed by atoms with van der Waals surface area (Å²) in [5, 5.41) is 9.24. The molecule has 0 fully saturated rings. The van der Waals surface area contributed by atoms with Crippen molar-refractivity contribution in [1.82, 2.24) is 25.9 Å². The number of benzene rings is 1. The van der Waals surface area contributed by atoms with Gasteiger partial charge in [0.05, 0.1) is 10.3 Å². The Morgan fingerprint density at radius 2 is 1.80 bits per heavy atom. The van der Waals surface area contributed by atoms with Gasteiger partial charge in [-0.15, -0.1) is 11.3 Å². The summed E-state index contributed by atoms with van der Waals surface area (Å²) < 4.78 is 1.24. The third kappa shape index (κ3) is 4.54. The molecule has 9 nitrogen and oxygen atoms in total. The van der Waals surface area contributed by atoms with Crippen molar-refractivity contribution in [3.05, 3.63) is 62.7 Å². The molecule has 3 aromatic rings. The predicted molar refractivity (Wildman–Crippen MR) is 113 cm³/mol. The zero-order chi connectivity index (χ0) is 21.7. The topological polar surface area (TPSA) is 122 Å². The molecular weight excluding hydrogens is 406 g/mol. The van der Waals surface area contributed by atoms with Crippen molar-refractivity contribution in [3.8, 4) is 0 Å². The first kappa shape index (κ1) is 21.2. The fraction of sp³-hybridized carbons (Fsp3) is 0.250. The highest BCUT2D eigenvalue weighted by molar-refractivity contribution is 7.12. The fourth-order valence-electron chi connectivity index (χ4n) is 2.79. The van der Waals surface area contributed by atoms with Crippen LogP contribution in [0.5, 0.6) is 0 Å². The Kier molecular flexibility index (Phi) is 6.58. The van der Waals surface area contributed by atoms with E-state index < -0.39 is 17.9 Å². The van der Waals surface area contributed by atoms with Gasteiger partial charge < -0.3 is 5.32 Å². The predicted octanol–water partition coefficient (Wildman–Crippen LogP) is 1.45. The van der Waals surface area contributed by atoms with Gasteiger partial charge in [0, 0.05) is 11.9 Å². The molecule has 1 aromatic carbocycles. The Hall–Kier alpha value is -3.53. The molecule has 0 aliphatic heterocycles. The fourth-order valence-corrected chi connectivity index (χ4v) is 3.42. The van der Waals surface area contributed by atoms with Crippen molar-refractivity contribution in [2.75, 3.05) is 0 Å². The highest BCUT2D eigenvalue weighted by Crippen LogP contribution is 2.13. The van der Waals surface area contributed by atoms with Crippen LogP contribution in [0.1, 0.15) is 40.4 Å². The second-order valence-electron chi connectivity index (χ2n) is 6.54. The maximum absolute atomic E-state index is 12.7. The van der Waals surface area contributed by atoms with Crippen LogP contribution < -0.4 is 21.7 Å². The maximum Gasteiger partial charge on any atom is 0.290 e. The van der Waals surface area contributed by atoms with Crippen LogP contribution in [-0.2, 0) is 11.3 Å². The van der Waals surface area contributed by atoms with E-state index in [1.807, 2.05) is 6.92 Å². The van der Waals surface area contributed by atoms with Crippen LogP contribution in [0.2, 0.25) is 0 Å². The standard InChI is InChI=1S/C20H21N5O4S/c1-3-10-25-20(29)14-8-5-4-7-13(14)16(24-25)19(28)23-22-17(26)12(2)21-18(27)15-9-6-11-30-15/h4-9,11-12H,3,10H2,1-2H3,(H,21,27)(H,22,26)(H,23,28). The van der Waals surface area contributed by atoms with Gasteiger partial charge in [0.2, 0.25) is 0 Å². The average molecular weight is 427 g/mol. The molecule has 0 saturated carbocycles. The lowest BCUT2D eigenvalue weighted by Gasteiger charge is -2.15. The van der Waals surface area contributed by atoms with Crippen molar-refractivity contribution in [2.45, 2.75) is 32.9 Å². The largest absolute Gasteiger partial charge is 0.340 e. The van der Waals surface area contributed by atoms with E-state index >= 15 is 0 Å².